The Bertz CT molecular complexity index is 929. The largest absolute Gasteiger partial charge is 0.361 e. The van der Waals surface area contributed by atoms with Gasteiger partial charge in [0, 0.05) is 56.2 Å². The summed E-state index contributed by atoms with van der Waals surface area (Å²) in [4.78, 5) is 20.1. The SMILES string of the molecule is O=C(CCCc1c[nH]c2ccc(F)cc12)N1CCN(Cc2ccccc2)CC1. The van der Waals surface area contributed by atoms with Gasteiger partial charge < -0.3 is 9.88 Å². The predicted octanol–water partition coefficient (Wildman–Crippen LogP) is 3.97. The third-order valence-electron chi connectivity index (χ3n) is 5.54. The molecule has 1 aliphatic heterocycles. The molecule has 1 amide bonds. The first-order chi connectivity index (χ1) is 13.7. The zero-order valence-electron chi connectivity index (χ0n) is 16.0. The normalized spacial score (nSPS) is 15.2. The van der Waals surface area contributed by atoms with Gasteiger partial charge in [-0.2, -0.15) is 0 Å². The number of fused-ring (bicyclic) bond motifs is 1. The van der Waals surface area contributed by atoms with E-state index in [1.165, 1.54) is 11.6 Å². The summed E-state index contributed by atoms with van der Waals surface area (Å²) in [6.07, 6.45) is 4.04. The molecule has 1 saturated heterocycles. The lowest BCUT2D eigenvalue weighted by atomic mass is 10.1. The second-order valence-electron chi connectivity index (χ2n) is 7.50. The van der Waals surface area contributed by atoms with Crippen LogP contribution >= 0.6 is 0 Å². The van der Waals surface area contributed by atoms with Crippen LogP contribution in [0.5, 0.6) is 0 Å². The van der Waals surface area contributed by atoms with Crippen LogP contribution in [0.25, 0.3) is 10.9 Å². The Kier molecular flexibility index (Phi) is 5.72. The molecule has 2 heterocycles. The topological polar surface area (TPSA) is 39.3 Å². The third-order valence-corrected chi connectivity index (χ3v) is 5.54. The van der Waals surface area contributed by atoms with Crippen molar-refractivity contribution in [3.8, 4) is 0 Å². The van der Waals surface area contributed by atoms with E-state index < -0.39 is 0 Å². The summed E-state index contributed by atoms with van der Waals surface area (Å²) in [6.45, 7) is 4.37. The molecule has 0 radical (unpaired) electrons. The number of hydrogen-bond donors (Lipinski definition) is 1. The quantitative estimate of drug-likeness (QED) is 0.704. The maximum Gasteiger partial charge on any atom is 0.222 e. The fourth-order valence-corrected chi connectivity index (χ4v) is 3.94. The van der Waals surface area contributed by atoms with Crippen LogP contribution in [-0.2, 0) is 17.8 Å². The minimum absolute atomic E-state index is 0.224. The van der Waals surface area contributed by atoms with E-state index >= 15 is 0 Å². The Morgan fingerprint density at radius 3 is 2.61 bits per heavy atom. The molecule has 1 fully saturated rings. The number of nitrogens with one attached hydrogen (secondary N) is 1. The monoisotopic (exact) mass is 379 g/mol. The molecule has 1 aliphatic rings. The summed E-state index contributed by atoms with van der Waals surface area (Å²) in [7, 11) is 0. The summed E-state index contributed by atoms with van der Waals surface area (Å²) in [6, 6.07) is 15.2. The van der Waals surface area contributed by atoms with E-state index in [0.29, 0.717) is 6.42 Å². The van der Waals surface area contributed by atoms with Crippen LogP contribution in [0.4, 0.5) is 4.39 Å². The van der Waals surface area contributed by atoms with Gasteiger partial charge in [-0.25, -0.2) is 4.39 Å². The Labute approximate surface area is 165 Å². The van der Waals surface area contributed by atoms with Gasteiger partial charge in [0.05, 0.1) is 0 Å². The molecule has 2 aromatic carbocycles. The van der Waals surface area contributed by atoms with Gasteiger partial charge in [0.1, 0.15) is 5.82 Å². The van der Waals surface area contributed by atoms with Crippen molar-refractivity contribution in [2.45, 2.75) is 25.8 Å². The van der Waals surface area contributed by atoms with E-state index in [4.69, 9.17) is 0 Å². The van der Waals surface area contributed by atoms with Crippen molar-refractivity contribution in [1.29, 1.82) is 0 Å². The Morgan fingerprint density at radius 2 is 1.82 bits per heavy atom. The first kappa shape index (κ1) is 18.7. The van der Waals surface area contributed by atoms with Gasteiger partial charge in [0.2, 0.25) is 5.91 Å². The van der Waals surface area contributed by atoms with Gasteiger partial charge >= 0.3 is 0 Å². The van der Waals surface area contributed by atoms with Crippen LogP contribution < -0.4 is 0 Å². The second-order valence-corrected chi connectivity index (χ2v) is 7.50. The van der Waals surface area contributed by atoms with Crippen LogP contribution in [0.1, 0.15) is 24.0 Å². The summed E-state index contributed by atoms with van der Waals surface area (Å²) in [5.41, 5.74) is 3.34. The van der Waals surface area contributed by atoms with Crippen molar-refractivity contribution in [3.63, 3.8) is 0 Å². The minimum Gasteiger partial charge on any atom is -0.361 e. The van der Waals surface area contributed by atoms with Gasteiger partial charge in [0.15, 0.2) is 0 Å². The fourth-order valence-electron chi connectivity index (χ4n) is 3.94. The molecule has 1 aromatic heterocycles. The first-order valence-corrected chi connectivity index (χ1v) is 9.98. The van der Waals surface area contributed by atoms with Crippen LogP contribution in [0.15, 0.2) is 54.7 Å². The summed E-state index contributed by atoms with van der Waals surface area (Å²) < 4.78 is 13.5. The predicted molar refractivity (Wildman–Crippen MR) is 109 cm³/mol. The Morgan fingerprint density at radius 1 is 1.04 bits per heavy atom. The molecular formula is C23H26FN3O. The number of aromatic amines is 1. The molecule has 4 nitrogen and oxygen atoms in total. The number of H-pyrrole nitrogens is 1. The summed E-state index contributed by atoms with van der Waals surface area (Å²) in [5.74, 6) is 0.00295. The maximum atomic E-state index is 13.5. The van der Waals surface area contributed by atoms with Gasteiger partial charge in [-0.05, 0) is 42.2 Å². The molecule has 0 saturated carbocycles. The van der Waals surface area contributed by atoms with Crippen molar-refractivity contribution in [2.75, 3.05) is 26.2 Å². The van der Waals surface area contributed by atoms with Gasteiger partial charge in [-0.15, -0.1) is 0 Å². The van der Waals surface area contributed by atoms with E-state index in [9.17, 15) is 9.18 Å². The molecule has 28 heavy (non-hydrogen) atoms. The first-order valence-electron chi connectivity index (χ1n) is 9.98. The smallest absolute Gasteiger partial charge is 0.222 e. The van der Waals surface area contributed by atoms with Crippen LogP contribution in [0.3, 0.4) is 0 Å². The molecule has 4 rings (SSSR count). The van der Waals surface area contributed by atoms with E-state index in [-0.39, 0.29) is 11.7 Å². The molecule has 3 aromatic rings. The molecule has 0 bridgehead atoms. The lowest BCUT2D eigenvalue weighted by molar-refractivity contribution is -0.133. The molecule has 0 unspecified atom stereocenters. The van der Waals surface area contributed by atoms with Crippen molar-refractivity contribution < 1.29 is 9.18 Å². The number of benzene rings is 2. The number of rotatable bonds is 6. The third kappa shape index (κ3) is 4.42. The number of aryl methyl sites for hydroxylation is 1. The second kappa shape index (κ2) is 8.57. The molecule has 5 heteroatoms. The molecule has 1 N–H and O–H groups in total. The number of aromatic nitrogens is 1. The number of carbonyl (C=O) groups is 1. The number of amides is 1. The van der Waals surface area contributed by atoms with Crippen LogP contribution in [0.2, 0.25) is 0 Å². The average molecular weight is 379 g/mol. The highest BCUT2D eigenvalue weighted by Gasteiger charge is 2.20. The molecular weight excluding hydrogens is 353 g/mol. The Hall–Kier alpha value is -2.66. The highest BCUT2D eigenvalue weighted by molar-refractivity contribution is 5.83. The zero-order chi connectivity index (χ0) is 19.3. The lowest BCUT2D eigenvalue weighted by Gasteiger charge is -2.34. The van der Waals surface area contributed by atoms with E-state index in [1.807, 2.05) is 17.2 Å². The number of carbonyl (C=O) groups excluding carboxylic acids is 1. The molecule has 0 atom stereocenters. The van der Waals surface area contributed by atoms with Crippen molar-refractivity contribution in [2.24, 2.45) is 0 Å². The summed E-state index contributed by atoms with van der Waals surface area (Å²) in [5, 5.41) is 0.918. The molecule has 146 valence electrons. The minimum atomic E-state index is -0.224. The highest BCUT2D eigenvalue weighted by atomic mass is 19.1. The van der Waals surface area contributed by atoms with E-state index in [0.717, 1.165) is 62.0 Å². The van der Waals surface area contributed by atoms with Crippen LogP contribution in [0, 0.1) is 5.82 Å². The lowest BCUT2D eigenvalue weighted by Crippen LogP contribution is -2.48. The fraction of sp³-hybridized carbons (Fsp3) is 0.348. The number of piperazine rings is 1. The van der Waals surface area contributed by atoms with Gasteiger partial charge in [-0.1, -0.05) is 30.3 Å². The van der Waals surface area contributed by atoms with E-state index in [1.54, 1.807) is 12.1 Å². The van der Waals surface area contributed by atoms with Gasteiger partial charge in [-0.3, -0.25) is 9.69 Å². The maximum absolute atomic E-state index is 13.5. The van der Waals surface area contributed by atoms with E-state index in [2.05, 4.69) is 34.1 Å². The van der Waals surface area contributed by atoms with Crippen molar-refractivity contribution in [1.82, 2.24) is 14.8 Å². The number of hydrogen-bond acceptors (Lipinski definition) is 2. The number of halogens is 1. The zero-order valence-corrected chi connectivity index (χ0v) is 16.0. The summed E-state index contributed by atoms with van der Waals surface area (Å²) >= 11 is 0. The van der Waals surface area contributed by atoms with Gasteiger partial charge in [0.25, 0.3) is 0 Å². The van der Waals surface area contributed by atoms with Crippen molar-refractivity contribution >= 4 is 16.8 Å². The molecule has 0 spiro atoms. The van der Waals surface area contributed by atoms with Crippen LogP contribution in [-0.4, -0.2) is 46.9 Å². The number of nitrogens with zero attached hydrogens (tertiary/aromatic N) is 2. The Balaban J connectivity index is 1.23. The molecule has 0 aliphatic carbocycles. The highest BCUT2D eigenvalue weighted by Crippen LogP contribution is 2.21. The standard InChI is InChI=1S/C23H26FN3O/c24-20-9-10-22-21(15-20)19(16-25-22)7-4-8-23(28)27-13-11-26(12-14-27)17-18-5-2-1-3-6-18/h1-3,5-6,9-10,15-16,25H,4,7-8,11-14,17H2. The van der Waals surface area contributed by atoms with Crippen molar-refractivity contribution in [3.05, 3.63) is 71.7 Å². The average Bonchev–Trinajstić information content (AvgIpc) is 3.11.